The molecule has 2 N–H and O–H groups in total. The molecule has 1 aromatic carbocycles. The highest BCUT2D eigenvalue weighted by molar-refractivity contribution is 5.19. The van der Waals surface area contributed by atoms with E-state index in [9.17, 15) is 0 Å². The molecule has 1 aliphatic rings. The summed E-state index contributed by atoms with van der Waals surface area (Å²) < 4.78 is 0. The van der Waals surface area contributed by atoms with E-state index in [4.69, 9.17) is 5.73 Å². The second-order valence-electron chi connectivity index (χ2n) is 5.84. The molecular formula is C16H25N. The molecule has 0 bridgehead atoms. The molecule has 1 nitrogen and oxygen atoms in total. The highest BCUT2D eigenvalue weighted by atomic mass is 14.7. The van der Waals surface area contributed by atoms with Crippen LogP contribution in [0.5, 0.6) is 0 Å². The van der Waals surface area contributed by atoms with Crippen molar-refractivity contribution in [2.75, 3.05) is 0 Å². The van der Waals surface area contributed by atoms with Gasteiger partial charge in [0.25, 0.3) is 0 Å². The van der Waals surface area contributed by atoms with E-state index < -0.39 is 0 Å². The summed E-state index contributed by atoms with van der Waals surface area (Å²) in [5.74, 6) is 2.13. The Morgan fingerprint density at radius 3 is 2.12 bits per heavy atom. The maximum Gasteiger partial charge on any atom is 0.00903 e. The van der Waals surface area contributed by atoms with E-state index >= 15 is 0 Å². The molecule has 1 heteroatoms. The van der Waals surface area contributed by atoms with Gasteiger partial charge in [0.2, 0.25) is 0 Å². The van der Waals surface area contributed by atoms with Crippen molar-refractivity contribution < 1.29 is 0 Å². The van der Waals surface area contributed by atoms with Gasteiger partial charge in [0.15, 0.2) is 0 Å². The van der Waals surface area contributed by atoms with E-state index in [-0.39, 0.29) is 0 Å². The standard InChI is InChI=1S/C16H25N/c1-12(2)16(17)15-10-8-14(9-11-15)13-6-4-3-5-7-13/h3-7,12,14-16H,8-11,17H2,1-2H3. The molecule has 1 fully saturated rings. The molecule has 0 radical (unpaired) electrons. The summed E-state index contributed by atoms with van der Waals surface area (Å²) in [6.07, 6.45) is 5.24. The second-order valence-corrected chi connectivity index (χ2v) is 5.84. The molecule has 0 heterocycles. The van der Waals surface area contributed by atoms with Gasteiger partial charge in [-0.05, 0) is 49.0 Å². The molecule has 1 unspecified atom stereocenters. The molecule has 0 saturated heterocycles. The van der Waals surface area contributed by atoms with Crippen molar-refractivity contribution in [1.82, 2.24) is 0 Å². The summed E-state index contributed by atoms with van der Waals surface area (Å²) in [6.45, 7) is 4.49. The third-order valence-electron chi connectivity index (χ3n) is 4.36. The van der Waals surface area contributed by atoms with Crippen LogP contribution < -0.4 is 5.73 Å². The topological polar surface area (TPSA) is 26.0 Å². The van der Waals surface area contributed by atoms with Crippen LogP contribution in [0.1, 0.15) is 51.0 Å². The van der Waals surface area contributed by atoms with Gasteiger partial charge in [-0.1, -0.05) is 44.2 Å². The average molecular weight is 231 g/mol. The van der Waals surface area contributed by atoms with Gasteiger partial charge < -0.3 is 5.73 Å². The molecule has 1 aliphatic carbocycles. The minimum absolute atomic E-state index is 0.395. The smallest absolute Gasteiger partial charge is 0.00903 e. The zero-order valence-corrected chi connectivity index (χ0v) is 11.1. The zero-order valence-electron chi connectivity index (χ0n) is 11.1. The fourth-order valence-electron chi connectivity index (χ4n) is 3.11. The fraction of sp³-hybridized carbons (Fsp3) is 0.625. The van der Waals surface area contributed by atoms with Crippen LogP contribution in [0.4, 0.5) is 0 Å². The van der Waals surface area contributed by atoms with Crippen molar-refractivity contribution in [3.05, 3.63) is 35.9 Å². The Morgan fingerprint density at radius 2 is 1.59 bits per heavy atom. The predicted molar refractivity (Wildman–Crippen MR) is 74.0 cm³/mol. The monoisotopic (exact) mass is 231 g/mol. The largest absolute Gasteiger partial charge is 0.327 e. The first-order chi connectivity index (χ1) is 8.18. The number of hydrogen-bond donors (Lipinski definition) is 1. The highest BCUT2D eigenvalue weighted by Crippen LogP contribution is 2.37. The molecule has 0 aromatic heterocycles. The summed E-state index contributed by atoms with van der Waals surface area (Å²) in [5.41, 5.74) is 7.79. The minimum Gasteiger partial charge on any atom is -0.327 e. The molecule has 94 valence electrons. The minimum atomic E-state index is 0.395. The van der Waals surface area contributed by atoms with Gasteiger partial charge >= 0.3 is 0 Å². The van der Waals surface area contributed by atoms with E-state index in [0.29, 0.717) is 12.0 Å². The Balaban J connectivity index is 1.90. The van der Waals surface area contributed by atoms with Crippen molar-refractivity contribution >= 4 is 0 Å². The van der Waals surface area contributed by atoms with E-state index in [0.717, 1.165) is 11.8 Å². The summed E-state index contributed by atoms with van der Waals surface area (Å²) in [7, 11) is 0. The van der Waals surface area contributed by atoms with Gasteiger partial charge in [0, 0.05) is 6.04 Å². The molecule has 1 aromatic rings. The van der Waals surface area contributed by atoms with Crippen LogP contribution in [0.3, 0.4) is 0 Å². The Kier molecular flexibility index (Phi) is 4.22. The van der Waals surface area contributed by atoms with Crippen LogP contribution in [0, 0.1) is 11.8 Å². The first-order valence-electron chi connectivity index (χ1n) is 6.99. The summed E-state index contributed by atoms with van der Waals surface area (Å²) in [6, 6.07) is 11.3. The zero-order chi connectivity index (χ0) is 12.3. The normalized spacial score (nSPS) is 27.1. The molecular weight excluding hydrogens is 206 g/mol. The predicted octanol–water partition coefficient (Wildman–Crippen LogP) is 3.94. The van der Waals surface area contributed by atoms with E-state index in [1.165, 1.54) is 31.2 Å². The molecule has 2 rings (SSSR count). The second kappa shape index (κ2) is 5.68. The molecule has 0 amide bonds. The van der Waals surface area contributed by atoms with Gasteiger partial charge in [0.05, 0.1) is 0 Å². The number of hydrogen-bond acceptors (Lipinski definition) is 1. The Bertz CT molecular complexity index is 323. The lowest BCUT2D eigenvalue weighted by Crippen LogP contribution is -2.37. The summed E-state index contributed by atoms with van der Waals surface area (Å²) in [5, 5.41) is 0. The van der Waals surface area contributed by atoms with E-state index in [2.05, 4.69) is 44.2 Å². The van der Waals surface area contributed by atoms with Crippen LogP contribution in [0.25, 0.3) is 0 Å². The Labute approximate surface area is 105 Å². The van der Waals surface area contributed by atoms with Gasteiger partial charge in [-0.3, -0.25) is 0 Å². The molecule has 1 atom stereocenters. The highest BCUT2D eigenvalue weighted by Gasteiger charge is 2.27. The molecule has 17 heavy (non-hydrogen) atoms. The lowest BCUT2D eigenvalue weighted by atomic mass is 9.74. The van der Waals surface area contributed by atoms with Gasteiger partial charge in [0.1, 0.15) is 0 Å². The quantitative estimate of drug-likeness (QED) is 0.837. The molecule has 1 saturated carbocycles. The first kappa shape index (κ1) is 12.6. The van der Waals surface area contributed by atoms with Gasteiger partial charge in [-0.15, -0.1) is 0 Å². The lowest BCUT2D eigenvalue weighted by molar-refractivity contribution is 0.246. The number of rotatable bonds is 3. The van der Waals surface area contributed by atoms with Gasteiger partial charge in [-0.2, -0.15) is 0 Å². The van der Waals surface area contributed by atoms with Crippen molar-refractivity contribution in [3.8, 4) is 0 Å². The Morgan fingerprint density at radius 1 is 1.00 bits per heavy atom. The van der Waals surface area contributed by atoms with Crippen LogP contribution in [-0.2, 0) is 0 Å². The lowest BCUT2D eigenvalue weighted by Gasteiger charge is -2.34. The van der Waals surface area contributed by atoms with Crippen LogP contribution in [0.2, 0.25) is 0 Å². The van der Waals surface area contributed by atoms with Crippen molar-refractivity contribution in [2.24, 2.45) is 17.6 Å². The Hall–Kier alpha value is -0.820. The van der Waals surface area contributed by atoms with Gasteiger partial charge in [-0.25, -0.2) is 0 Å². The van der Waals surface area contributed by atoms with Crippen molar-refractivity contribution in [2.45, 2.75) is 51.5 Å². The van der Waals surface area contributed by atoms with Crippen molar-refractivity contribution in [3.63, 3.8) is 0 Å². The SMILES string of the molecule is CC(C)C(N)C1CCC(c2ccccc2)CC1. The van der Waals surface area contributed by atoms with Crippen LogP contribution in [0.15, 0.2) is 30.3 Å². The third kappa shape index (κ3) is 3.10. The molecule has 0 spiro atoms. The summed E-state index contributed by atoms with van der Waals surface area (Å²) in [4.78, 5) is 0. The first-order valence-corrected chi connectivity index (χ1v) is 6.99. The third-order valence-corrected chi connectivity index (χ3v) is 4.36. The van der Waals surface area contributed by atoms with E-state index in [1.54, 1.807) is 0 Å². The average Bonchev–Trinajstić information content (AvgIpc) is 2.39. The maximum atomic E-state index is 6.28. The van der Waals surface area contributed by atoms with E-state index in [1.807, 2.05) is 0 Å². The summed E-state index contributed by atoms with van der Waals surface area (Å²) >= 11 is 0. The van der Waals surface area contributed by atoms with Crippen LogP contribution >= 0.6 is 0 Å². The van der Waals surface area contributed by atoms with Crippen molar-refractivity contribution in [1.29, 1.82) is 0 Å². The number of nitrogens with two attached hydrogens (primary N) is 1. The van der Waals surface area contributed by atoms with Crippen LogP contribution in [-0.4, -0.2) is 6.04 Å². The number of benzene rings is 1. The molecule has 0 aliphatic heterocycles. The maximum absolute atomic E-state index is 6.28. The fourth-order valence-corrected chi connectivity index (χ4v) is 3.11.